The predicted octanol–water partition coefficient (Wildman–Crippen LogP) is 3.35. The maximum atomic E-state index is 12.9. The van der Waals surface area contributed by atoms with E-state index in [0.29, 0.717) is 24.4 Å². The van der Waals surface area contributed by atoms with E-state index in [4.69, 9.17) is 10.5 Å². The fraction of sp³-hybridized carbons (Fsp3) is 0.208. The second-order valence-corrected chi connectivity index (χ2v) is 6.96. The summed E-state index contributed by atoms with van der Waals surface area (Å²) in [6.07, 6.45) is 4.43. The van der Waals surface area contributed by atoms with Crippen LogP contribution in [0.1, 0.15) is 34.0 Å². The van der Waals surface area contributed by atoms with Crippen LogP contribution in [0, 0.1) is 0 Å². The van der Waals surface area contributed by atoms with Gasteiger partial charge in [-0.15, -0.1) is 0 Å². The number of aryl methyl sites for hydroxylation is 1. The third-order valence-corrected chi connectivity index (χ3v) is 4.75. The van der Waals surface area contributed by atoms with Gasteiger partial charge < -0.3 is 15.4 Å². The minimum Gasteiger partial charge on any atom is -0.484 e. The third kappa shape index (κ3) is 5.91. The van der Waals surface area contributed by atoms with Gasteiger partial charge in [-0.05, 0) is 53.4 Å². The smallest absolute Gasteiger partial charge is 0.261 e. The monoisotopic (exact) mass is 403 g/mol. The van der Waals surface area contributed by atoms with Gasteiger partial charge in [0.2, 0.25) is 5.91 Å². The lowest BCUT2D eigenvalue weighted by atomic mass is 10.1. The van der Waals surface area contributed by atoms with E-state index in [1.807, 2.05) is 24.3 Å². The lowest BCUT2D eigenvalue weighted by Gasteiger charge is -2.23. The molecule has 2 aromatic carbocycles. The molecular weight excluding hydrogens is 378 g/mol. The Morgan fingerprint density at radius 1 is 0.933 bits per heavy atom. The standard InChI is InChI=1S/C24H25N3O3/c1-2-18-5-7-19(8-6-18)15-27(16-20-4-3-13-26-14-20)23(28)17-30-22-11-9-21(10-12-22)24(25)29/h3-14H,2,15-17H2,1H3,(H2,25,29). The Bertz CT molecular complexity index is 971. The lowest BCUT2D eigenvalue weighted by molar-refractivity contribution is -0.134. The van der Waals surface area contributed by atoms with Gasteiger partial charge in [-0.2, -0.15) is 0 Å². The van der Waals surface area contributed by atoms with Crippen LogP contribution in [0.2, 0.25) is 0 Å². The Morgan fingerprint density at radius 3 is 2.20 bits per heavy atom. The van der Waals surface area contributed by atoms with E-state index < -0.39 is 5.91 Å². The van der Waals surface area contributed by atoms with Crippen molar-refractivity contribution in [3.63, 3.8) is 0 Å². The quantitative estimate of drug-likeness (QED) is 0.594. The Kier molecular flexibility index (Phi) is 7.16. The van der Waals surface area contributed by atoms with Crippen LogP contribution in [0.5, 0.6) is 5.75 Å². The minimum absolute atomic E-state index is 0.108. The number of primary amides is 1. The number of pyridine rings is 1. The highest BCUT2D eigenvalue weighted by molar-refractivity contribution is 5.92. The summed E-state index contributed by atoms with van der Waals surface area (Å²) in [6, 6.07) is 18.5. The zero-order valence-corrected chi connectivity index (χ0v) is 17.0. The SMILES string of the molecule is CCc1ccc(CN(Cc2cccnc2)C(=O)COc2ccc(C(N)=O)cc2)cc1. The minimum atomic E-state index is -0.505. The topological polar surface area (TPSA) is 85.5 Å². The average molecular weight is 403 g/mol. The highest BCUT2D eigenvalue weighted by Crippen LogP contribution is 2.15. The van der Waals surface area contributed by atoms with Gasteiger partial charge in [0, 0.05) is 31.0 Å². The van der Waals surface area contributed by atoms with Crippen molar-refractivity contribution in [1.29, 1.82) is 0 Å². The molecule has 0 atom stereocenters. The molecule has 6 heteroatoms. The van der Waals surface area contributed by atoms with Crippen LogP contribution in [0.15, 0.2) is 73.1 Å². The maximum Gasteiger partial charge on any atom is 0.261 e. The summed E-state index contributed by atoms with van der Waals surface area (Å²) < 4.78 is 5.64. The number of amides is 2. The normalized spacial score (nSPS) is 10.4. The average Bonchev–Trinajstić information content (AvgIpc) is 2.78. The van der Waals surface area contributed by atoms with Crippen LogP contribution in [0.3, 0.4) is 0 Å². The fourth-order valence-electron chi connectivity index (χ4n) is 3.00. The van der Waals surface area contributed by atoms with Crippen molar-refractivity contribution in [2.24, 2.45) is 5.73 Å². The Hall–Kier alpha value is -3.67. The molecule has 0 aliphatic heterocycles. The van der Waals surface area contributed by atoms with Gasteiger partial charge in [-0.3, -0.25) is 14.6 Å². The number of nitrogens with zero attached hydrogens (tertiary/aromatic N) is 2. The van der Waals surface area contributed by atoms with Gasteiger partial charge in [-0.1, -0.05) is 37.3 Å². The molecule has 0 bridgehead atoms. The van der Waals surface area contributed by atoms with E-state index >= 15 is 0 Å². The number of ether oxygens (including phenoxy) is 1. The van der Waals surface area contributed by atoms with Gasteiger partial charge in [0.1, 0.15) is 5.75 Å². The predicted molar refractivity (Wildman–Crippen MR) is 115 cm³/mol. The third-order valence-electron chi connectivity index (χ3n) is 4.75. The largest absolute Gasteiger partial charge is 0.484 e. The molecule has 0 fully saturated rings. The summed E-state index contributed by atoms with van der Waals surface area (Å²) >= 11 is 0. The molecule has 0 unspecified atom stereocenters. The van der Waals surface area contributed by atoms with Crippen LogP contribution in [-0.4, -0.2) is 28.3 Å². The molecule has 0 aliphatic carbocycles. The number of carbonyl (C=O) groups is 2. The molecule has 3 rings (SSSR count). The number of benzene rings is 2. The van der Waals surface area contributed by atoms with E-state index in [1.54, 1.807) is 41.6 Å². The van der Waals surface area contributed by atoms with Crippen LogP contribution < -0.4 is 10.5 Å². The van der Waals surface area contributed by atoms with Crippen molar-refractivity contribution in [2.45, 2.75) is 26.4 Å². The molecule has 2 N–H and O–H groups in total. The fourth-order valence-corrected chi connectivity index (χ4v) is 3.00. The molecule has 0 saturated heterocycles. The molecular formula is C24H25N3O3. The summed E-state index contributed by atoms with van der Waals surface area (Å²) in [7, 11) is 0. The van der Waals surface area contributed by atoms with E-state index in [2.05, 4.69) is 24.0 Å². The van der Waals surface area contributed by atoms with Gasteiger partial charge in [0.05, 0.1) is 0 Å². The molecule has 0 aliphatic rings. The summed E-state index contributed by atoms with van der Waals surface area (Å²) in [5, 5.41) is 0. The van der Waals surface area contributed by atoms with Crippen molar-refractivity contribution in [1.82, 2.24) is 9.88 Å². The van der Waals surface area contributed by atoms with E-state index in [-0.39, 0.29) is 12.5 Å². The molecule has 30 heavy (non-hydrogen) atoms. The second kappa shape index (κ2) is 10.2. The summed E-state index contributed by atoms with van der Waals surface area (Å²) in [5.41, 5.74) is 8.89. The number of hydrogen-bond acceptors (Lipinski definition) is 4. The van der Waals surface area contributed by atoms with Gasteiger partial charge in [-0.25, -0.2) is 0 Å². The van der Waals surface area contributed by atoms with Gasteiger partial charge in [0.25, 0.3) is 5.91 Å². The Morgan fingerprint density at radius 2 is 1.60 bits per heavy atom. The van der Waals surface area contributed by atoms with Crippen LogP contribution >= 0.6 is 0 Å². The number of nitrogens with two attached hydrogens (primary N) is 1. The zero-order valence-electron chi connectivity index (χ0n) is 17.0. The molecule has 2 amide bonds. The molecule has 3 aromatic rings. The Labute approximate surface area is 176 Å². The van der Waals surface area contributed by atoms with Gasteiger partial charge in [0.15, 0.2) is 6.61 Å². The van der Waals surface area contributed by atoms with Gasteiger partial charge >= 0.3 is 0 Å². The number of hydrogen-bond donors (Lipinski definition) is 1. The van der Waals surface area contributed by atoms with Crippen LogP contribution in [0.4, 0.5) is 0 Å². The number of rotatable bonds is 9. The van der Waals surface area contributed by atoms with Crippen molar-refractivity contribution >= 4 is 11.8 Å². The van der Waals surface area contributed by atoms with E-state index in [1.165, 1.54) is 5.56 Å². The van der Waals surface area contributed by atoms with Crippen LogP contribution in [0.25, 0.3) is 0 Å². The first-order valence-electron chi connectivity index (χ1n) is 9.82. The van der Waals surface area contributed by atoms with Crippen molar-refractivity contribution in [3.8, 4) is 5.75 Å². The zero-order chi connectivity index (χ0) is 21.3. The Balaban J connectivity index is 1.69. The molecule has 0 saturated carbocycles. The second-order valence-electron chi connectivity index (χ2n) is 6.96. The molecule has 154 valence electrons. The maximum absolute atomic E-state index is 12.9. The molecule has 1 heterocycles. The molecule has 1 aromatic heterocycles. The van der Waals surface area contributed by atoms with E-state index in [0.717, 1.165) is 17.5 Å². The molecule has 0 spiro atoms. The van der Waals surface area contributed by atoms with Crippen molar-refractivity contribution in [2.75, 3.05) is 6.61 Å². The van der Waals surface area contributed by atoms with Crippen molar-refractivity contribution in [3.05, 3.63) is 95.3 Å². The highest BCUT2D eigenvalue weighted by atomic mass is 16.5. The first kappa shape index (κ1) is 21.0. The first-order chi connectivity index (χ1) is 14.5. The van der Waals surface area contributed by atoms with E-state index in [9.17, 15) is 9.59 Å². The van der Waals surface area contributed by atoms with Crippen molar-refractivity contribution < 1.29 is 14.3 Å². The summed E-state index contributed by atoms with van der Waals surface area (Å²) in [6.45, 7) is 2.91. The molecule has 6 nitrogen and oxygen atoms in total. The molecule has 0 radical (unpaired) electrons. The van der Waals surface area contributed by atoms with Crippen LogP contribution in [-0.2, 0) is 24.3 Å². The summed E-state index contributed by atoms with van der Waals surface area (Å²) in [4.78, 5) is 30.0. The lowest BCUT2D eigenvalue weighted by Crippen LogP contribution is -2.34. The number of carbonyl (C=O) groups excluding carboxylic acids is 2. The highest BCUT2D eigenvalue weighted by Gasteiger charge is 2.16. The summed E-state index contributed by atoms with van der Waals surface area (Å²) in [5.74, 6) is -0.145. The first-order valence-corrected chi connectivity index (χ1v) is 9.82. The number of aromatic nitrogens is 1.